The van der Waals surface area contributed by atoms with Gasteiger partial charge in [-0.1, -0.05) is 12.1 Å². The number of aryl methyl sites for hydroxylation is 1. The van der Waals surface area contributed by atoms with Gasteiger partial charge in [0.2, 0.25) is 5.78 Å². The number of nitro groups is 1. The molecule has 0 radical (unpaired) electrons. The van der Waals surface area contributed by atoms with E-state index in [2.05, 4.69) is 4.98 Å². The maximum absolute atomic E-state index is 14.8. The molecule has 174 valence electrons. The molecule has 0 N–H and O–H groups in total. The number of thiophene rings is 1. The number of hydrogen-bond donors (Lipinski definition) is 0. The third-order valence-corrected chi connectivity index (χ3v) is 6.51. The number of nitrogens with zero attached hydrogens (tertiary/aromatic N) is 2. The second-order valence-corrected chi connectivity index (χ2v) is 8.53. The zero-order valence-corrected chi connectivity index (χ0v) is 19.2. The van der Waals surface area contributed by atoms with Gasteiger partial charge in [0.15, 0.2) is 23.1 Å². The predicted molar refractivity (Wildman–Crippen MR) is 123 cm³/mol. The lowest BCUT2D eigenvalue weighted by Gasteiger charge is -2.11. The van der Waals surface area contributed by atoms with Crippen molar-refractivity contribution in [2.24, 2.45) is 0 Å². The van der Waals surface area contributed by atoms with Gasteiger partial charge in [-0.15, -0.1) is 11.3 Å². The van der Waals surface area contributed by atoms with E-state index in [1.54, 1.807) is 25.1 Å². The quantitative estimate of drug-likeness (QED) is 0.192. The van der Waals surface area contributed by atoms with Crippen molar-refractivity contribution in [2.45, 2.75) is 13.3 Å². The standard InChI is InChI=1S/C24H18F2N2O5S/c1-12-5-4-6-16(28(30)31)15(12)9-14-7-13-8-19(34-20(13)11-27-14)24(29)21-22(25)17(32-2)10-18(33-3)23(21)26/h4-8,10-11H,9H2,1-3H3. The van der Waals surface area contributed by atoms with Crippen LogP contribution in [0.3, 0.4) is 0 Å². The monoisotopic (exact) mass is 484 g/mol. The van der Waals surface area contributed by atoms with E-state index < -0.39 is 27.9 Å². The normalized spacial score (nSPS) is 11.0. The number of hydrogen-bond acceptors (Lipinski definition) is 7. The van der Waals surface area contributed by atoms with E-state index in [-0.39, 0.29) is 28.5 Å². The van der Waals surface area contributed by atoms with Crippen molar-refractivity contribution in [3.05, 3.63) is 91.6 Å². The molecule has 2 aromatic heterocycles. The van der Waals surface area contributed by atoms with Gasteiger partial charge in [0, 0.05) is 36.0 Å². The maximum Gasteiger partial charge on any atom is 0.273 e. The van der Waals surface area contributed by atoms with Gasteiger partial charge in [-0.2, -0.15) is 0 Å². The molecule has 0 aliphatic rings. The lowest BCUT2D eigenvalue weighted by atomic mass is 10.0. The lowest BCUT2D eigenvalue weighted by molar-refractivity contribution is -0.385. The highest BCUT2D eigenvalue weighted by molar-refractivity contribution is 7.21. The molecule has 0 amide bonds. The summed E-state index contributed by atoms with van der Waals surface area (Å²) in [6, 6.07) is 9.10. The first-order chi connectivity index (χ1) is 16.2. The van der Waals surface area contributed by atoms with E-state index in [9.17, 15) is 23.7 Å². The molecule has 7 nitrogen and oxygen atoms in total. The molecule has 2 aromatic carbocycles. The summed E-state index contributed by atoms with van der Waals surface area (Å²) < 4.78 is 40.0. The Balaban J connectivity index is 1.74. The molecule has 0 bridgehead atoms. The van der Waals surface area contributed by atoms with Crippen LogP contribution in [0, 0.1) is 28.7 Å². The summed E-state index contributed by atoms with van der Waals surface area (Å²) in [7, 11) is 2.41. The first-order valence-corrected chi connectivity index (χ1v) is 10.8. The van der Waals surface area contributed by atoms with Crippen molar-refractivity contribution in [1.29, 1.82) is 0 Å². The number of rotatable bonds is 7. The summed E-state index contributed by atoms with van der Waals surface area (Å²) in [4.78, 5) is 28.5. The number of benzene rings is 2. The molecule has 0 saturated heterocycles. The summed E-state index contributed by atoms with van der Waals surface area (Å²) in [5.41, 5.74) is 1.09. The van der Waals surface area contributed by atoms with Gasteiger partial charge >= 0.3 is 0 Å². The largest absolute Gasteiger partial charge is 0.494 e. The minimum Gasteiger partial charge on any atom is -0.494 e. The Labute approximate surface area is 196 Å². The van der Waals surface area contributed by atoms with Crippen LogP contribution in [-0.2, 0) is 6.42 Å². The molecule has 0 unspecified atom stereocenters. The van der Waals surface area contributed by atoms with Crippen molar-refractivity contribution < 1.29 is 28.0 Å². The molecule has 0 spiro atoms. The predicted octanol–water partition coefficient (Wildman–Crippen LogP) is 5.63. The number of nitro benzene ring substituents is 1. The van der Waals surface area contributed by atoms with Crippen molar-refractivity contribution in [3.63, 3.8) is 0 Å². The van der Waals surface area contributed by atoms with Crippen LogP contribution in [0.15, 0.2) is 42.6 Å². The van der Waals surface area contributed by atoms with Gasteiger partial charge in [-0.3, -0.25) is 19.9 Å². The van der Waals surface area contributed by atoms with Crippen LogP contribution in [0.25, 0.3) is 10.1 Å². The van der Waals surface area contributed by atoms with E-state index in [4.69, 9.17) is 9.47 Å². The molecule has 4 aromatic rings. The molecule has 4 rings (SSSR count). The van der Waals surface area contributed by atoms with Crippen molar-refractivity contribution in [1.82, 2.24) is 4.98 Å². The first-order valence-electron chi connectivity index (χ1n) is 10.0. The van der Waals surface area contributed by atoms with Crippen LogP contribution in [-0.4, -0.2) is 29.9 Å². The molecular formula is C24H18F2N2O5S. The van der Waals surface area contributed by atoms with Crippen LogP contribution >= 0.6 is 11.3 Å². The molecule has 0 fully saturated rings. The van der Waals surface area contributed by atoms with Gasteiger partial charge in [0.25, 0.3) is 5.69 Å². The third kappa shape index (κ3) is 4.08. The highest BCUT2D eigenvalue weighted by Crippen LogP contribution is 2.35. The van der Waals surface area contributed by atoms with E-state index >= 15 is 0 Å². The van der Waals surface area contributed by atoms with E-state index in [1.165, 1.54) is 32.5 Å². The van der Waals surface area contributed by atoms with Gasteiger partial charge in [0.05, 0.1) is 28.7 Å². The number of carbonyl (C=O) groups is 1. The lowest BCUT2D eigenvalue weighted by Crippen LogP contribution is -2.09. The zero-order valence-electron chi connectivity index (χ0n) is 18.3. The fourth-order valence-corrected chi connectivity index (χ4v) is 4.64. The summed E-state index contributed by atoms with van der Waals surface area (Å²) >= 11 is 1.04. The number of pyridine rings is 1. The molecule has 10 heteroatoms. The van der Waals surface area contributed by atoms with Crippen LogP contribution in [0.1, 0.15) is 32.1 Å². The van der Waals surface area contributed by atoms with Crippen molar-refractivity contribution >= 4 is 32.9 Å². The Bertz CT molecular complexity index is 1420. The Morgan fingerprint density at radius 3 is 2.41 bits per heavy atom. The zero-order chi connectivity index (χ0) is 24.6. The molecular weight excluding hydrogens is 466 g/mol. The highest BCUT2D eigenvalue weighted by atomic mass is 32.1. The van der Waals surface area contributed by atoms with Gasteiger partial charge in [-0.05, 0) is 30.0 Å². The van der Waals surface area contributed by atoms with Crippen LogP contribution in [0.4, 0.5) is 14.5 Å². The maximum atomic E-state index is 14.8. The van der Waals surface area contributed by atoms with Gasteiger partial charge < -0.3 is 9.47 Å². The number of ketones is 1. The topological polar surface area (TPSA) is 91.6 Å². The fraction of sp³-hybridized carbons (Fsp3) is 0.167. The Hall–Kier alpha value is -3.92. The van der Waals surface area contributed by atoms with E-state index in [0.29, 0.717) is 21.3 Å². The second kappa shape index (κ2) is 9.14. The van der Waals surface area contributed by atoms with Gasteiger partial charge in [-0.25, -0.2) is 8.78 Å². The summed E-state index contributed by atoms with van der Waals surface area (Å²) in [6.07, 6.45) is 1.75. The fourth-order valence-electron chi connectivity index (χ4n) is 3.68. The third-order valence-electron chi connectivity index (χ3n) is 5.43. The summed E-state index contributed by atoms with van der Waals surface area (Å²) in [6.45, 7) is 1.79. The average molecular weight is 484 g/mol. The molecule has 34 heavy (non-hydrogen) atoms. The van der Waals surface area contributed by atoms with E-state index in [0.717, 1.165) is 23.0 Å². The minimum absolute atomic E-state index is 0.000931. The molecule has 0 aliphatic heterocycles. The smallest absolute Gasteiger partial charge is 0.273 e. The number of halogens is 2. The second-order valence-electron chi connectivity index (χ2n) is 7.44. The SMILES string of the molecule is COc1cc(OC)c(F)c(C(=O)c2cc3cc(Cc4c(C)cccc4[N+](=O)[O-])ncc3s2)c1F. The number of ether oxygens (including phenoxy) is 2. The number of carbonyl (C=O) groups excluding carboxylic acids is 1. The van der Waals surface area contributed by atoms with Crippen molar-refractivity contribution in [2.75, 3.05) is 14.2 Å². The molecule has 0 aliphatic carbocycles. The Kier molecular flexibility index (Phi) is 6.25. The van der Waals surface area contributed by atoms with Crippen LogP contribution in [0.5, 0.6) is 11.5 Å². The molecule has 0 saturated carbocycles. The summed E-state index contributed by atoms with van der Waals surface area (Å²) in [5, 5.41) is 12.0. The van der Waals surface area contributed by atoms with E-state index in [1.807, 2.05) is 0 Å². The van der Waals surface area contributed by atoms with Crippen molar-refractivity contribution in [3.8, 4) is 11.5 Å². The number of aromatic nitrogens is 1. The average Bonchev–Trinajstić information content (AvgIpc) is 3.24. The Morgan fingerprint density at radius 2 is 1.79 bits per heavy atom. The van der Waals surface area contributed by atoms with Crippen LogP contribution < -0.4 is 9.47 Å². The van der Waals surface area contributed by atoms with Gasteiger partial charge in [0.1, 0.15) is 5.56 Å². The molecule has 2 heterocycles. The number of methoxy groups -OCH3 is 2. The highest BCUT2D eigenvalue weighted by Gasteiger charge is 2.27. The molecule has 0 atom stereocenters. The minimum atomic E-state index is -1.12. The first kappa shape index (κ1) is 23.2. The van der Waals surface area contributed by atoms with Crippen LogP contribution in [0.2, 0.25) is 0 Å². The number of fused-ring (bicyclic) bond motifs is 1. The summed E-state index contributed by atoms with van der Waals surface area (Å²) in [5.74, 6) is -3.72. The Morgan fingerprint density at radius 1 is 1.12 bits per heavy atom.